The van der Waals surface area contributed by atoms with Crippen LogP contribution in [0.15, 0.2) is 30.3 Å². The molecule has 0 aliphatic rings. The van der Waals surface area contributed by atoms with Gasteiger partial charge in [0, 0.05) is 17.3 Å². The van der Waals surface area contributed by atoms with Gasteiger partial charge in [-0.05, 0) is 30.7 Å². The topological polar surface area (TPSA) is 81.6 Å². The van der Waals surface area contributed by atoms with Gasteiger partial charge in [-0.3, -0.25) is 9.89 Å². The lowest BCUT2D eigenvalue weighted by Gasteiger charge is -2.01. The summed E-state index contributed by atoms with van der Waals surface area (Å²) in [6, 6.07) is 10.3. The highest BCUT2D eigenvalue weighted by Gasteiger charge is 2.08. The lowest BCUT2D eigenvalue weighted by molar-refractivity contribution is 0.102. The van der Waals surface area contributed by atoms with Crippen LogP contribution < -0.4 is 5.32 Å². The molecular weight excluding hydrogens is 240 g/mol. The predicted molar refractivity (Wildman–Crippen MR) is 71.7 cm³/mol. The molecule has 2 N–H and O–H groups in total. The number of rotatable bonds is 4. The summed E-state index contributed by atoms with van der Waals surface area (Å²) in [5.41, 5.74) is 2.03. The van der Waals surface area contributed by atoms with Crippen LogP contribution in [0.1, 0.15) is 35.0 Å². The molecule has 0 aliphatic heterocycles. The molecular formula is C14H14N4O. The third-order valence-corrected chi connectivity index (χ3v) is 2.67. The van der Waals surface area contributed by atoms with Crippen molar-refractivity contribution in [2.75, 3.05) is 5.32 Å². The van der Waals surface area contributed by atoms with Gasteiger partial charge < -0.3 is 5.32 Å². The molecule has 0 unspecified atom stereocenters. The first kappa shape index (κ1) is 12.8. The summed E-state index contributed by atoms with van der Waals surface area (Å²) in [7, 11) is 0. The molecule has 5 heteroatoms. The highest BCUT2D eigenvalue weighted by molar-refractivity contribution is 6.03. The van der Waals surface area contributed by atoms with Gasteiger partial charge in [-0.15, -0.1) is 0 Å². The summed E-state index contributed by atoms with van der Waals surface area (Å²) >= 11 is 0. The third kappa shape index (κ3) is 3.19. The zero-order valence-electron chi connectivity index (χ0n) is 10.6. The van der Waals surface area contributed by atoms with E-state index in [0.717, 1.165) is 18.5 Å². The molecule has 0 radical (unpaired) electrons. The monoisotopic (exact) mass is 254 g/mol. The van der Waals surface area contributed by atoms with E-state index in [4.69, 9.17) is 5.26 Å². The van der Waals surface area contributed by atoms with E-state index in [1.165, 1.54) is 0 Å². The van der Waals surface area contributed by atoms with Gasteiger partial charge in [0.05, 0.1) is 11.6 Å². The molecule has 0 fully saturated rings. The Morgan fingerprint density at radius 3 is 2.79 bits per heavy atom. The second kappa shape index (κ2) is 5.83. The van der Waals surface area contributed by atoms with Crippen LogP contribution in [0, 0.1) is 11.3 Å². The number of nitrogens with one attached hydrogen (secondary N) is 2. The van der Waals surface area contributed by atoms with Crippen LogP contribution in [0.4, 0.5) is 5.82 Å². The van der Waals surface area contributed by atoms with Crippen LogP contribution in [-0.2, 0) is 6.42 Å². The largest absolute Gasteiger partial charge is 0.305 e. The Morgan fingerprint density at radius 1 is 1.42 bits per heavy atom. The number of amides is 1. The molecule has 0 saturated carbocycles. The van der Waals surface area contributed by atoms with Gasteiger partial charge in [0.15, 0.2) is 5.82 Å². The molecule has 0 spiro atoms. The lowest BCUT2D eigenvalue weighted by Crippen LogP contribution is -2.12. The van der Waals surface area contributed by atoms with Crippen molar-refractivity contribution in [2.24, 2.45) is 0 Å². The summed E-state index contributed by atoms with van der Waals surface area (Å²) < 4.78 is 0. The third-order valence-electron chi connectivity index (χ3n) is 2.67. The van der Waals surface area contributed by atoms with Gasteiger partial charge in [0.25, 0.3) is 5.91 Å². The Kier molecular flexibility index (Phi) is 3.94. The maximum absolute atomic E-state index is 11.9. The second-order valence-electron chi connectivity index (χ2n) is 4.17. The number of aryl methyl sites for hydroxylation is 1. The van der Waals surface area contributed by atoms with E-state index in [-0.39, 0.29) is 5.91 Å². The Hall–Kier alpha value is -2.61. The standard InChI is InChI=1S/C14H14N4O/c1-2-3-12-8-13(18-17-12)16-14(19)11-6-4-10(9-15)5-7-11/h4-8H,2-3H2,1H3,(H2,16,17,18,19). The molecule has 1 amide bonds. The molecule has 0 atom stereocenters. The molecule has 1 heterocycles. The number of H-pyrrole nitrogens is 1. The average Bonchev–Trinajstić information content (AvgIpc) is 2.86. The summed E-state index contributed by atoms with van der Waals surface area (Å²) in [4.78, 5) is 11.9. The van der Waals surface area contributed by atoms with Crippen molar-refractivity contribution in [1.82, 2.24) is 10.2 Å². The van der Waals surface area contributed by atoms with E-state index in [1.807, 2.05) is 12.1 Å². The van der Waals surface area contributed by atoms with Crippen LogP contribution in [0.3, 0.4) is 0 Å². The van der Waals surface area contributed by atoms with E-state index < -0.39 is 0 Å². The molecule has 2 aromatic rings. The first-order valence-electron chi connectivity index (χ1n) is 6.08. The van der Waals surface area contributed by atoms with E-state index in [2.05, 4.69) is 22.4 Å². The quantitative estimate of drug-likeness (QED) is 0.879. The van der Waals surface area contributed by atoms with Crippen molar-refractivity contribution >= 4 is 11.7 Å². The highest BCUT2D eigenvalue weighted by atomic mass is 16.1. The molecule has 0 aliphatic carbocycles. The minimum absolute atomic E-state index is 0.237. The average molecular weight is 254 g/mol. The van der Waals surface area contributed by atoms with E-state index in [1.54, 1.807) is 24.3 Å². The number of carbonyl (C=O) groups excluding carboxylic acids is 1. The zero-order valence-corrected chi connectivity index (χ0v) is 10.6. The smallest absolute Gasteiger partial charge is 0.256 e. The SMILES string of the molecule is CCCc1cc(NC(=O)c2ccc(C#N)cc2)n[nH]1. The molecule has 1 aromatic carbocycles. The molecule has 5 nitrogen and oxygen atoms in total. The maximum Gasteiger partial charge on any atom is 0.256 e. The molecule has 2 rings (SSSR count). The van der Waals surface area contributed by atoms with Gasteiger partial charge in [0.2, 0.25) is 0 Å². The highest BCUT2D eigenvalue weighted by Crippen LogP contribution is 2.10. The van der Waals surface area contributed by atoms with Crippen molar-refractivity contribution < 1.29 is 4.79 Å². The summed E-state index contributed by atoms with van der Waals surface area (Å²) in [6.45, 7) is 2.08. The van der Waals surface area contributed by atoms with Gasteiger partial charge in [0.1, 0.15) is 0 Å². The number of anilines is 1. The Labute approximate surface area is 111 Å². The number of hydrogen-bond donors (Lipinski definition) is 2. The number of aromatic nitrogens is 2. The Balaban J connectivity index is 2.05. The Bertz CT molecular complexity index is 607. The van der Waals surface area contributed by atoms with Gasteiger partial charge in [-0.1, -0.05) is 13.3 Å². The number of aromatic amines is 1. The van der Waals surface area contributed by atoms with Gasteiger partial charge in [-0.2, -0.15) is 10.4 Å². The van der Waals surface area contributed by atoms with Crippen molar-refractivity contribution in [1.29, 1.82) is 5.26 Å². The number of carbonyl (C=O) groups is 1. The van der Waals surface area contributed by atoms with Crippen LogP contribution in [-0.4, -0.2) is 16.1 Å². The van der Waals surface area contributed by atoms with Gasteiger partial charge >= 0.3 is 0 Å². The fourth-order valence-corrected chi connectivity index (χ4v) is 1.71. The van der Waals surface area contributed by atoms with Crippen molar-refractivity contribution in [3.8, 4) is 6.07 Å². The maximum atomic E-state index is 11.9. The molecule has 1 aromatic heterocycles. The number of nitriles is 1. The van der Waals surface area contributed by atoms with Crippen LogP contribution >= 0.6 is 0 Å². The van der Waals surface area contributed by atoms with Crippen LogP contribution in [0.25, 0.3) is 0 Å². The lowest BCUT2D eigenvalue weighted by atomic mass is 10.1. The number of benzene rings is 1. The van der Waals surface area contributed by atoms with Gasteiger partial charge in [-0.25, -0.2) is 0 Å². The fraction of sp³-hybridized carbons (Fsp3) is 0.214. The van der Waals surface area contributed by atoms with Crippen LogP contribution in [0.2, 0.25) is 0 Å². The number of hydrogen-bond acceptors (Lipinski definition) is 3. The van der Waals surface area contributed by atoms with Crippen molar-refractivity contribution in [3.05, 3.63) is 47.2 Å². The summed E-state index contributed by atoms with van der Waals surface area (Å²) in [5, 5.41) is 18.3. The fourth-order valence-electron chi connectivity index (χ4n) is 1.71. The normalized spacial score (nSPS) is 9.89. The van der Waals surface area contributed by atoms with E-state index in [0.29, 0.717) is 16.9 Å². The second-order valence-corrected chi connectivity index (χ2v) is 4.17. The van der Waals surface area contributed by atoms with E-state index >= 15 is 0 Å². The molecule has 0 bridgehead atoms. The van der Waals surface area contributed by atoms with E-state index in [9.17, 15) is 4.79 Å². The zero-order chi connectivity index (χ0) is 13.7. The van der Waals surface area contributed by atoms with Crippen molar-refractivity contribution in [3.63, 3.8) is 0 Å². The van der Waals surface area contributed by atoms with Crippen LogP contribution in [0.5, 0.6) is 0 Å². The van der Waals surface area contributed by atoms with Crippen molar-refractivity contribution in [2.45, 2.75) is 19.8 Å². The molecule has 19 heavy (non-hydrogen) atoms. The summed E-state index contributed by atoms with van der Waals surface area (Å²) in [5.74, 6) is 0.275. The predicted octanol–water partition coefficient (Wildman–Crippen LogP) is 2.49. The summed E-state index contributed by atoms with van der Waals surface area (Å²) in [6.07, 6.45) is 1.92. The minimum Gasteiger partial charge on any atom is -0.305 e. The Morgan fingerprint density at radius 2 is 2.16 bits per heavy atom. The molecule has 96 valence electrons. The number of nitrogens with zero attached hydrogens (tertiary/aromatic N) is 2. The first-order valence-corrected chi connectivity index (χ1v) is 6.08. The first-order chi connectivity index (χ1) is 9.22. The molecule has 0 saturated heterocycles. The minimum atomic E-state index is -0.237.